The van der Waals surface area contributed by atoms with E-state index in [0.717, 1.165) is 34.6 Å². The Labute approximate surface area is 202 Å². The minimum atomic E-state index is -0.258. The standard InChI is InChI=1S/C24H28N4O5S/c1-31-15-17(29)14-25-13-16-5-3-4-6-18(16)23(30)27-24-26-21-20(32-2)8-7-19(22(21)34-24)28-9-11-33-12-10-28/h3-8,25H,9-15H2,1-2H3,(H,26,27,30). The van der Waals surface area contributed by atoms with Gasteiger partial charge in [-0.25, -0.2) is 4.98 Å². The molecule has 0 atom stereocenters. The highest BCUT2D eigenvalue weighted by Gasteiger charge is 2.20. The van der Waals surface area contributed by atoms with E-state index in [1.807, 2.05) is 30.3 Å². The summed E-state index contributed by atoms with van der Waals surface area (Å²) in [5.74, 6) is 0.351. The van der Waals surface area contributed by atoms with Crippen molar-refractivity contribution >= 4 is 44.1 Å². The van der Waals surface area contributed by atoms with E-state index in [9.17, 15) is 9.59 Å². The number of fused-ring (bicyclic) bond motifs is 1. The monoisotopic (exact) mass is 484 g/mol. The lowest BCUT2D eigenvalue weighted by Gasteiger charge is -2.29. The Morgan fingerprint density at radius 3 is 2.71 bits per heavy atom. The van der Waals surface area contributed by atoms with Gasteiger partial charge in [0.05, 0.1) is 37.3 Å². The van der Waals surface area contributed by atoms with E-state index in [1.165, 1.54) is 18.4 Å². The van der Waals surface area contributed by atoms with Crippen LogP contribution in [0.5, 0.6) is 5.75 Å². The average Bonchev–Trinajstić information content (AvgIpc) is 3.28. The summed E-state index contributed by atoms with van der Waals surface area (Å²) in [4.78, 5) is 31.7. The van der Waals surface area contributed by atoms with Crippen LogP contribution in [0.15, 0.2) is 36.4 Å². The van der Waals surface area contributed by atoms with Gasteiger partial charge in [-0.2, -0.15) is 0 Å². The SMILES string of the molecule is COCC(=O)CNCc1ccccc1C(=O)Nc1nc2c(OC)ccc(N3CCOCC3)c2s1. The van der Waals surface area contributed by atoms with E-state index in [-0.39, 0.29) is 24.8 Å². The number of aromatic nitrogens is 1. The Morgan fingerprint density at radius 2 is 1.94 bits per heavy atom. The number of hydrogen-bond donors (Lipinski definition) is 2. The lowest BCUT2D eigenvalue weighted by atomic mass is 10.1. The molecule has 0 spiro atoms. The minimum absolute atomic E-state index is 0.0519. The molecule has 1 amide bonds. The Kier molecular flexibility index (Phi) is 8.07. The Balaban J connectivity index is 1.54. The summed E-state index contributed by atoms with van der Waals surface area (Å²) >= 11 is 1.42. The fourth-order valence-corrected chi connectivity index (χ4v) is 4.87. The summed E-state index contributed by atoms with van der Waals surface area (Å²) < 4.78 is 16.8. The lowest BCUT2D eigenvalue weighted by molar-refractivity contribution is -0.121. The van der Waals surface area contributed by atoms with Gasteiger partial charge in [0.25, 0.3) is 5.91 Å². The van der Waals surface area contributed by atoms with Crippen molar-refractivity contribution in [1.29, 1.82) is 0 Å². The predicted molar refractivity (Wildman–Crippen MR) is 132 cm³/mol. The molecule has 34 heavy (non-hydrogen) atoms. The van der Waals surface area contributed by atoms with Crippen molar-refractivity contribution in [3.05, 3.63) is 47.5 Å². The maximum absolute atomic E-state index is 13.1. The third-order valence-electron chi connectivity index (χ3n) is 5.48. The highest BCUT2D eigenvalue weighted by Crippen LogP contribution is 2.39. The molecule has 1 fully saturated rings. The van der Waals surface area contributed by atoms with Crippen LogP contribution in [0.3, 0.4) is 0 Å². The van der Waals surface area contributed by atoms with Crippen molar-refractivity contribution in [3.8, 4) is 5.75 Å². The molecule has 0 bridgehead atoms. The number of methoxy groups -OCH3 is 2. The lowest BCUT2D eigenvalue weighted by Crippen LogP contribution is -2.36. The van der Waals surface area contributed by atoms with Crippen molar-refractivity contribution in [1.82, 2.24) is 10.3 Å². The zero-order valence-corrected chi connectivity index (χ0v) is 20.1. The Hall–Kier alpha value is -3.05. The second-order valence-corrected chi connectivity index (χ2v) is 8.77. The molecule has 0 unspecified atom stereocenters. The molecule has 2 heterocycles. The van der Waals surface area contributed by atoms with Crippen LogP contribution in [0.25, 0.3) is 10.2 Å². The molecule has 1 aromatic heterocycles. The van der Waals surface area contributed by atoms with Crippen molar-refractivity contribution in [2.45, 2.75) is 6.54 Å². The van der Waals surface area contributed by atoms with Crippen LogP contribution in [-0.2, 0) is 20.8 Å². The van der Waals surface area contributed by atoms with Crippen molar-refractivity contribution in [2.24, 2.45) is 0 Å². The number of amides is 1. The summed E-state index contributed by atoms with van der Waals surface area (Å²) in [6.07, 6.45) is 0. The number of thiazole rings is 1. The number of rotatable bonds is 10. The zero-order valence-electron chi connectivity index (χ0n) is 19.3. The predicted octanol–water partition coefficient (Wildman–Crippen LogP) is 2.70. The van der Waals surface area contributed by atoms with Crippen LogP contribution in [0.1, 0.15) is 15.9 Å². The highest BCUT2D eigenvalue weighted by molar-refractivity contribution is 7.23. The number of Topliss-reactive ketones (excluding diaryl/α,β-unsaturated/α-hetero) is 1. The molecule has 9 nitrogen and oxygen atoms in total. The number of nitrogens with one attached hydrogen (secondary N) is 2. The first-order valence-electron chi connectivity index (χ1n) is 11.0. The van der Waals surface area contributed by atoms with Gasteiger partial charge in [0.15, 0.2) is 10.9 Å². The number of carbonyl (C=O) groups is 2. The molecule has 10 heteroatoms. The fraction of sp³-hybridized carbons (Fsp3) is 0.375. The first-order valence-corrected chi connectivity index (χ1v) is 11.8. The van der Waals surface area contributed by atoms with E-state index in [4.69, 9.17) is 14.2 Å². The topological polar surface area (TPSA) is 102 Å². The normalized spacial score (nSPS) is 13.8. The van der Waals surface area contributed by atoms with E-state index in [1.54, 1.807) is 13.2 Å². The number of carbonyl (C=O) groups excluding carboxylic acids is 2. The Morgan fingerprint density at radius 1 is 1.15 bits per heavy atom. The molecule has 1 aliphatic heterocycles. The Bertz CT molecular complexity index is 1160. The van der Waals surface area contributed by atoms with Gasteiger partial charge in [-0.3, -0.25) is 14.9 Å². The van der Waals surface area contributed by atoms with Crippen LogP contribution in [0.4, 0.5) is 10.8 Å². The van der Waals surface area contributed by atoms with Gasteiger partial charge in [-0.05, 0) is 23.8 Å². The van der Waals surface area contributed by atoms with E-state index in [2.05, 4.69) is 20.5 Å². The van der Waals surface area contributed by atoms with E-state index in [0.29, 0.717) is 36.2 Å². The number of ketones is 1. The summed E-state index contributed by atoms with van der Waals surface area (Å²) in [6.45, 7) is 3.57. The molecule has 0 radical (unpaired) electrons. The number of benzene rings is 2. The second-order valence-electron chi connectivity index (χ2n) is 7.77. The number of nitrogens with zero attached hydrogens (tertiary/aromatic N) is 2. The van der Waals surface area contributed by atoms with Gasteiger partial charge < -0.3 is 24.4 Å². The third-order valence-corrected chi connectivity index (χ3v) is 6.48. The third kappa shape index (κ3) is 5.53. The van der Waals surface area contributed by atoms with Crippen molar-refractivity contribution in [2.75, 3.05) is 63.9 Å². The van der Waals surface area contributed by atoms with Crippen LogP contribution in [0.2, 0.25) is 0 Å². The smallest absolute Gasteiger partial charge is 0.257 e. The first-order chi connectivity index (χ1) is 16.6. The van der Waals surface area contributed by atoms with Crippen molar-refractivity contribution in [3.63, 3.8) is 0 Å². The number of hydrogen-bond acceptors (Lipinski definition) is 9. The highest BCUT2D eigenvalue weighted by atomic mass is 32.1. The molecule has 1 aliphatic rings. The molecular formula is C24H28N4O5S. The zero-order chi connectivity index (χ0) is 23.9. The minimum Gasteiger partial charge on any atom is -0.494 e. The van der Waals surface area contributed by atoms with Crippen LogP contribution >= 0.6 is 11.3 Å². The van der Waals surface area contributed by atoms with Gasteiger partial charge in [-0.1, -0.05) is 29.5 Å². The maximum atomic E-state index is 13.1. The number of ether oxygens (including phenoxy) is 3. The van der Waals surface area contributed by atoms with Crippen LogP contribution in [-0.4, -0.2) is 70.3 Å². The molecule has 0 aliphatic carbocycles. The van der Waals surface area contributed by atoms with Crippen molar-refractivity contribution < 1.29 is 23.8 Å². The van der Waals surface area contributed by atoms with Gasteiger partial charge in [0.2, 0.25) is 0 Å². The first kappa shape index (κ1) is 24.1. The summed E-state index contributed by atoms with van der Waals surface area (Å²) in [5, 5.41) is 6.51. The number of anilines is 2. The maximum Gasteiger partial charge on any atom is 0.257 e. The molecular weight excluding hydrogens is 456 g/mol. The number of morpholine rings is 1. The summed E-state index contributed by atoms with van der Waals surface area (Å²) in [5.41, 5.74) is 3.09. The summed E-state index contributed by atoms with van der Waals surface area (Å²) in [6, 6.07) is 11.2. The van der Waals surface area contributed by atoms with Gasteiger partial charge in [0.1, 0.15) is 17.9 Å². The van der Waals surface area contributed by atoms with Gasteiger partial charge in [0, 0.05) is 32.3 Å². The summed E-state index contributed by atoms with van der Waals surface area (Å²) in [7, 11) is 3.10. The molecule has 0 saturated carbocycles. The second kappa shape index (κ2) is 11.4. The van der Waals surface area contributed by atoms with Crippen LogP contribution in [0, 0.1) is 0 Å². The van der Waals surface area contributed by atoms with Crippen LogP contribution < -0.4 is 20.3 Å². The van der Waals surface area contributed by atoms with Gasteiger partial charge in [-0.15, -0.1) is 0 Å². The molecule has 2 N–H and O–H groups in total. The largest absolute Gasteiger partial charge is 0.494 e. The molecule has 180 valence electrons. The molecule has 1 saturated heterocycles. The molecule has 3 aromatic rings. The molecule has 2 aromatic carbocycles. The average molecular weight is 485 g/mol. The quantitative estimate of drug-likeness (QED) is 0.453. The van der Waals surface area contributed by atoms with Gasteiger partial charge >= 0.3 is 0 Å². The molecule has 4 rings (SSSR count). The van der Waals surface area contributed by atoms with E-state index >= 15 is 0 Å². The van der Waals surface area contributed by atoms with E-state index < -0.39 is 0 Å². The fourth-order valence-electron chi connectivity index (χ4n) is 3.85.